The Labute approximate surface area is 116 Å². The molecular formula is C11H13NO5S2. The van der Waals surface area contributed by atoms with E-state index in [2.05, 4.69) is 4.72 Å². The van der Waals surface area contributed by atoms with Crippen LogP contribution in [0.3, 0.4) is 0 Å². The van der Waals surface area contributed by atoms with Crippen molar-refractivity contribution in [3.63, 3.8) is 0 Å². The summed E-state index contributed by atoms with van der Waals surface area (Å²) >= 11 is 4.71. The number of ether oxygens (including phenoxy) is 2. The second-order valence-electron chi connectivity index (χ2n) is 3.39. The summed E-state index contributed by atoms with van der Waals surface area (Å²) in [6.07, 6.45) is 0. The molecule has 0 atom stereocenters. The summed E-state index contributed by atoms with van der Waals surface area (Å²) in [7, 11) is -3.85. The third kappa shape index (κ3) is 4.84. The average Bonchev–Trinajstić information content (AvgIpc) is 2.28. The maximum absolute atomic E-state index is 11.9. The van der Waals surface area contributed by atoms with E-state index in [1.54, 1.807) is 6.92 Å². The van der Waals surface area contributed by atoms with Crippen molar-refractivity contribution in [2.75, 3.05) is 6.61 Å². The highest BCUT2D eigenvalue weighted by atomic mass is 32.2. The molecule has 0 aliphatic carbocycles. The summed E-state index contributed by atoms with van der Waals surface area (Å²) < 4.78 is 35.6. The lowest BCUT2D eigenvalue weighted by Crippen LogP contribution is -2.30. The van der Waals surface area contributed by atoms with Crippen LogP contribution in [0.2, 0.25) is 0 Å². The van der Waals surface area contributed by atoms with Gasteiger partial charge in [-0.15, -0.1) is 0 Å². The first-order valence-electron chi connectivity index (χ1n) is 5.33. The third-order valence-electron chi connectivity index (χ3n) is 1.87. The molecular weight excluding hydrogens is 290 g/mol. The summed E-state index contributed by atoms with van der Waals surface area (Å²) in [5.74, 6) is -0.398. The molecule has 0 saturated carbocycles. The van der Waals surface area contributed by atoms with Gasteiger partial charge in [0.05, 0.1) is 11.5 Å². The minimum absolute atomic E-state index is 0.0756. The van der Waals surface area contributed by atoms with E-state index < -0.39 is 16.0 Å². The van der Waals surface area contributed by atoms with Crippen LogP contribution in [0.15, 0.2) is 29.2 Å². The predicted molar refractivity (Wildman–Crippen MR) is 72.3 cm³/mol. The summed E-state index contributed by atoms with van der Waals surface area (Å²) in [6, 6.07) is 5.50. The molecule has 0 bridgehead atoms. The van der Waals surface area contributed by atoms with Crippen LogP contribution in [0.4, 0.5) is 0 Å². The SMILES string of the molecule is CCOC(=S)NS(=O)(=O)c1cccc(OC(C)=O)c1. The molecule has 1 rings (SSSR count). The van der Waals surface area contributed by atoms with Crippen molar-refractivity contribution in [3.8, 4) is 5.75 Å². The molecule has 0 fully saturated rings. The minimum Gasteiger partial charge on any atom is -0.471 e. The monoisotopic (exact) mass is 303 g/mol. The number of rotatable bonds is 4. The molecule has 1 aromatic carbocycles. The molecule has 0 radical (unpaired) electrons. The first-order chi connectivity index (χ1) is 8.85. The Balaban J connectivity index is 2.95. The van der Waals surface area contributed by atoms with E-state index in [9.17, 15) is 13.2 Å². The average molecular weight is 303 g/mol. The number of carbonyl (C=O) groups is 1. The zero-order chi connectivity index (χ0) is 14.5. The van der Waals surface area contributed by atoms with Gasteiger partial charge < -0.3 is 9.47 Å². The summed E-state index contributed by atoms with van der Waals surface area (Å²) in [4.78, 5) is 10.7. The highest BCUT2D eigenvalue weighted by molar-refractivity contribution is 7.91. The van der Waals surface area contributed by atoms with Gasteiger partial charge in [-0.3, -0.25) is 4.79 Å². The number of benzene rings is 1. The van der Waals surface area contributed by atoms with Crippen molar-refractivity contribution in [1.29, 1.82) is 0 Å². The minimum atomic E-state index is -3.85. The van der Waals surface area contributed by atoms with Gasteiger partial charge in [-0.05, 0) is 31.3 Å². The largest absolute Gasteiger partial charge is 0.471 e. The quantitative estimate of drug-likeness (QED) is 0.511. The van der Waals surface area contributed by atoms with Crippen molar-refractivity contribution < 1.29 is 22.7 Å². The Morgan fingerprint density at radius 1 is 1.42 bits per heavy atom. The molecule has 6 nitrogen and oxygen atoms in total. The standard InChI is InChI=1S/C11H13NO5S2/c1-3-16-11(18)12-19(14,15)10-6-4-5-9(7-10)17-8(2)13/h4-7H,3H2,1-2H3,(H,12,18). The molecule has 1 N–H and O–H groups in total. The number of hydrogen-bond acceptors (Lipinski definition) is 6. The molecule has 0 spiro atoms. The second-order valence-corrected chi connectivity index (χ2v) is 5.45. The van der Waals surface area contributed by atoms with Gasteiger partial charge in [-0.1, -0.05) is 6.07 Å². The number of carbonyl (C=O) groups excluding carboxylic acids is 1. The third-order valence-corrected chi connectivity index (χ3v) is 3.55. The van der Waals surface area contributed by atoms with Crippen LogP contribution in [0.1, 0.15) is 13.8 Å². The summed E-state index contributed by atoms with van der Waals surface area (Å²) in [6.45, 7) is 3.17. The van der Waals surface area contributed by atoms with E-state index in [0.29, 0.717) is 0 Å². The van der Waals surface area contributed by atoms with Crippen LogP contribution in [-0.2, 0) is 19.6 Å². The normalized spacial score (nSPS) is 10.6. The molecule has 0 amide bonds. The first kappa shape index (κ1) is 15.4. The number of nitrogens with one attached hydrogen (secondary N) is 1. The summed E-state index contributed by atoms with van der Waals surface area (Å²) in [5, 5.41) is -0.236. The van der Waals surface area contributed by atoms with Gasteiger partial charge in [0.1, 0.15) is 5.75 Å². The maximum Gasteiger partial charge on any atom is 0.308 e. The van der Waals surface area contributed by atoms with E-state index in [1.807, 2.05) is 0 Å². The van der Waals surface area contributed by atoms with Gasteiger partial charge in [0, 0.05) is 13.0 Å². The van der Waals surface area contributed by atoms with Gasteiger partial charge in [-0.25, -0.2) is 13.1 Å². The topological polar surface area (TPSA) is 81.7 Å². The van der Waals surface area contributed by atoms with E-state index in [1.165, 1.54) is 31.2 Å². The van der Waals surface area contributed by atoms with Gasteiger partial charge in [-0.2, -0.15) is 0 Å². The Morgan fingerprint density at radius 2 is 2.11 bits per heavy atom. The molecule has 0 saturated heterocycles. The Kier molecular flexibility index (Phi) is 5.25. The lowest BCUT2D eigenvalue weighted by atomic mass is 10.3. The van der Waals surface area contributed by atoms with Crippen LogP contribution in [-0.4, -0.2) is 26.2 Å². The van der Waals surface area contributed by atoms with Crippen molar-refractivity contribution in [2.24, 2.45) is 0 Å². The fraction of sp³-hybridized carbons (Fsp3) is 0.273. The predicted octanol–water partition coefficient (Wildman–Crippen LogP) is 1.21. The van der Waals surface area contributed by atoms with Gasteiger partial charge in [0.2, 0.25) is 0 Å². The highest BCUT2D eigenvalue weighted by Gasteiger charge is 2.17. The smallest absolute Gasteiger partial charge is 0.308 e. The van der Waals surface area contributed by atoms with Crippen molar-refractivity contribution in [3.05, 3.63) is 24.3 Å². The molecule has 0 aliphatic rings. The maximum atomic E-state index is 11.9. The van der Waals surface area contributed by atoms with E-state index in [4.69, 9.17) is 21.7 Å². The Hall–Kier alpha value is -1.67. The van der Waals surface area contributed by atoms with Gasteiger partial charge >= 0.3 is 5.97 Å². The molecule has 0 aromatic heterocycles. The zero-order valence-electron chi connectivity index (χ0n) is 10.4. The number of thiocarbonyl (C=S) groups is 1. The van der Waals surface area contributed by atoms with E-state index in [-0.39, 0.29) is 22.4 Å². The molecule has 0 unspecified atom stereocenters. The van der Waals surface area contributed by atoms with Crippen LogP contribution in [0, 0.1) is 0 Å². The Morgan fingerprint density at radius 3 is 2.68 bits per heavy atom. The van der Waals surface area contributed by atoms with Gasteiger partial charge in [0.15, 0.2) is 0 Å². The fourth-order valence-corrected chi connectivity index (χ4v) is 2.57. The lowest BCUT2D eigenvalue weighted by Gasteiger charge is -2.10. The number of sulfonamides is 1. The summed E-state index contributed by atoms with van der Waals surface area (Å²) in [5.41, 5.74) is 0. The molecule has 1 aromatic rings. The van der Waals surface area contributed by atoms with E-state index >= 15 is 0 Å². The Bertz CT molecular complexity index is 583. The van der Waals surface area contributed by atoms with E-state index in [0.717, 1.165) is 0 Å². The number of hydrogen-bond donors (Lipinski definition) is 1. The number of esters is 1. The van der Waals surface area contributed by atoms with Crippen LogP contribution < -0.4 is 9.46 Å². The fourth-order valence-electron chi connectivity index (χ4n) is 1.20. The zero-order valence-corrected chi connectivity index (χ0v) is 12.0. The molecule has 19 heavy (non-hydrogen) atoms. The van der Waals surface area contributed by atoms with Crippen LogP contribution in [0.25, 0.3) is 0 Å². The van der Waals surface area contributed by atoms with Crippen LogP contribution >= 0.6 is 12.2 Å². The van der Waals surface area contributed by atoms with Gasteiger partial charge in [0.25, 0.3) is 15.2 Å². The highest BCUT2D eigenvalue weighted by Crippen LogP contribution is 2.17. The second kappa shape index (κ2) is 6.48. The molecule has 104 valence electrons. The van der Waals surface area contributed by atoms with Crippen molar-refractivity contribution >= 4 is 33.4 Å². The first-order valence-corrected chi connectivity index (χ1v) is 7.22. The molecule has 0 aliphatic heterocycles. The van der Waals surface area contributed by atoms with Crippen molar-refractivity contribution in [1.82, 2.24) is 4.72 Å². The lowest BCUT2D eigenvalue weighted by molar-refractivity contribution is -0.131. The molecule has 0 heterocycles. The van der Waals surface area contributed by atoms with Crippen molar-refractivity contribution in [2.45, 2.75) is 18.7 Å². The van der Waals surface area contributed by atoms with Crippen LogP contribution in [0.5, 0.6) is 5.75 Å². The molecule has 8 heteroatoms.